The number of carbonyl (C=O) groups is 1. The lowest BCUT2D eigenvalue weighted by Gasteiger charge is -2.12. The number of benzene rings is 1. The third kappa shape index (κ3) is 8.17. The largest absolute Gasteiger partial charge is 0.481 e. The predicted octanol–water partition coefficient (Wildman–Crippen LogP) is 2.14. The summed E-state index contributed by atoms with van der Waals surface area (Å²) < 4.78 is 0. The molecular formula is C19H26N6O2S. The molecule has 8 nitrogen and oxygen atoms in total. The number of nitrogens with one attached hydrogen (secondary N) is 4. The Labute approximate surface area is 170 Å². The number of hydrogen-bond donors (Lipinski definition) is 5. The van der Waals surface area contributed by atoms with E-state index in [-0.39, 0.29) is 6.42 Å². The van der Waals surface area contributed by atoms with Gasteiger partial charge in [0.2, 0.25) is 5.95 Å². The van der Waals surface area contributed by atoms with E-state index in [4.69, 9.17) is 17.3 Å². The fourth-order valence-electron chi connectivity index (χ4n) is 2.33. The normalized spacial score (nSPS) is 10.2. The molecule has 9 heteroatoms. The van der Waals surface area contributed by atoms with Crippen LogP contribution in [0.5, 0.6) is 0 Å². The number of aromatic nitrogens is 2. The predicted molar refractivity (Wildman–Crippen MR) is 115 cm³/mol. The van der Waals surface area contributed by atoms with E-state index in [0.717, 1.165) is 24.3 Å². The average Bonchev–Trinajstić information content (AvgIpc) is 2.68. The van der Waals surface area contributed by atoms with Crippen molar-refractivity contribution < 1.29 is 9.90 Å². The first kappa shape index (κ1) is 21.4. The van der Waals surface area contributed by atoms with Gasteiger partial charge in [-0.25, -0.2) is 4.98 Å². The summed E-state index contributed by atoms with van der Waals surface area (Å²) in [6.45, 7) is 4.34. The number of aliphatic carboxylic acids is 1. The Morgan fingerprint density at radius 3 is 2.61 bits per heavy atom. The molecule has 0 saturated heterocycles. The monoisotopic (exact) mass is 402 g/mol. The molecule has 0 unspecified atom stereocenters. The maximum Gasteiger partial charge on any atom is 0.305 e. The Bertz CT molecular complexity index is 772. The van der Waals surface area contributed by atoms with Gasteiger partial charge in [0, 0.05) is 37.9 Å². The standard InChI is InChI=1S/C19H26N6O2S/c1-14-12-23-18(24-13-15-6-3-2-4-7-15)25-17(14)20-9-5-10-21-19(28)22-11-8-16(26)27/h2-4,6-7,12H,5,8-11,13H2,1H3,(H,26,27)(H2,21,22,28)(H2,20,23,24,25). The lowest BCUT2D eigenvalue weighted by molar-refractivity contribution is -0.136. The highest BCUT2D eigenvalue weighted by atomic mass is 32.1. The van der Waals surface area contributed by atoms with Crippen LogP contribution in [0.2, 0.25) is 0 Å². The summed E-state index contributed by atoms with van der Waals surface area (Å²) in [5.41, 5.74) is 2.14. The lowest BCUT2D eigenvalue weighted by Crippen LogP contribution is -2.37. The van der Waals surface area contributed by atoms with E-state index in [9.17, 15) is 4.79 Å². The summed E-state index contributed by atoms with van der Waals surface area (Å²) in [6, 6.07) is 10.1. The fraction of sp³-hybridized carbons (Fsp3) is 0.368. The van der Waals surface area contributed by atoms with Crippen LogP contribution >= 0.6 is 12.2 Å². The number of hydrogen-bond acceptors (Lipinski definition) is 6. The van der Waals surface area contributed by atoms with Gasteiger partial charge in [0.25, 0.3) is 0 Å². The SMILES string of the molecule is Cc1cnc(NCc2ccccc2)nc1NCCCNC(=S)NCCC(=O)O. The van der Waals surface area contributed by atoms with Crippen LogP contribution < -0.4 is 21.3 Å². The first-order valence-electron chi connectivity index (χ1n) is 9.13. The van der Waals surface area contributed by atoms with Crippen molar-refractivity contribution in [1.82, 2.24) is 20.6 Å². The van der Waals surface area contributed by atoms with Crippen LogP contribution in [-0.2, 0) is 11.3 Å². The maximum atomic E-state index is 10.5. The Kier molecular flexibility index (Phi) is 8.93. The van der Waals surface area contributed by atoms with E-state index < -0.39 is 5.97 Å². The zero-order valence-corrected chi connectivity index (χ0v) is 16.7. The Hall–Kier alpha value is -2.94. The highest BCUT2D eigenvalue weighted by Crippen LogP contribution is 2.13. The van der Waals surface area contributed by atoms with Crippen molar-refractivity contribution in [3.8, 4) is 0 Å². The van der Waals surface area contributed by atoms with Gasteiger partial charge in [0.1, 0.15) is 5.82 Å². The van der Waals surface area contributed by atoms with Crippen molar-refractivity contribution in [2.45, 2.75) is 26.3 Å². The van der Waals surface area contributed by atoms with Gasteiger partial charge >= 0.3 is 5.97 Å². The second-order valence-corrected chi connectivity index (χ2v) is 6.58. The molecule has 0 spiro atoms. The zero-order chi connectivity index (χ0) is 20.2. The number of aryl methyl sites for hydroxylation is 1. The smallest absolute Gasteiger partial charge is 0.305 e. The first-order valence-corrected chi connectivity index (χ1v) is 9.54. The van der Waals surface area contributed by atoms with Crippen molar-refractivity contribution >= 4 is 35.1 Å². The summed E-state index contributed by atoms with van der Waals surface area (Å²) in [6.07, 6.45) is 2.66. The lowest BCUT2D eigenvalue weighted by atomic mass is 10.2. The molecule has 0 fully saturated rings. The molecule has 2 aromatic rings. The highest BCUT2D eigenvalue weighted by molar-refractivity contribution is 7.80. The first-order chi connectivity index (χ1) is 13.5. The molecule has 0 aliphatic heterocycles. The number of carboxylic acid groups (broad SMARTS) is 1. The van der Waals surface area contributed by atoms with Crippen molar-refractivity contribution in [3.05, 3.63) is 47.7 Å². The van der Waals surface area contributed by atoms with Crippen LogP contribution in [0.4, 0.5) is 11.8 Å². The van der Waals surface area contributed by atoms with Gasteiger partial charge < -0.3 is 26.4 Å². The molecule has 0 radical (unpaired) electrons. The molecule has 28 heavy (non-hydrogen) atoms. The van der Waals surface area contributed by atoms with Gasteiger partial charge in [0.05, 0.1) is 6.42 Å². The molecule has 0 atom stereocenters. The molecule has 0 aliphatic carbocycles. The van der Waals surface area contributed by atoms with Crippen molar-refractivity contribution in [2.24, 2.45) is 0 Å². The number of anilines is 2. The third-order valence-corrected chi connectivity index (χ3v) is 4.11. The second kappa shape index (κ2) is 11.7. The minimum atomic E-state index is -0.850. The van der Waals surface area contributed by atoms with Gasteiger partial charge in [-0.05, 0) is 31.1 Å². The molecule has 1 aromatic heterocycles. The molecule has 5 N–H and O–H groups in total. The third-order valence-electron chi connectivity index (χ3n) is 3.82. The van der Waals surface area contributed by atoms with E-state index >= 15 is 0 Å². The van der Waals surface area contributed by atoms with Gasteiger partial charge in [0.15, 0.2) is 5.11 Å². The van der Waals surface area contributed by atoms with Crippen molar-refractivity contribution in [1.29, 1.82) is 0 Å². The summed E-state index contributed by atoms with van der Waals surface area (Å²) >= 11 is 5.09. The Morgan fingerprint density at radius 2 is 1.86 bits per heavy atom. The van der Waals surface area contributed by atoms with E-state index in [2.05, 4.69) is 31.2 Å². The zero-order valence-electron chi connectivity index (χ0n) is 15.9. The number of carboxylic acids is 1. The molecule has 0 amide bonds. The minimum Gasteiger partial charge on any atom is -0.481 e. The van der Waals surface area contributed by atoms with Crippen LogP contribution in [0, 0.1) is 6.92 Å². The van der Waals surface area contributed by atoms with Crippen molar-refractivity contribution in [3.63, 3.8) is 0 Å². The molecule has 1 heterocycles. The molecule has 0 bridgehead atoms. The molecule has 0 aliphatic rings. The maximum absolute atomic E-state index is 10.5. The summed E-state index contributed by atoms with van der Waals surface area (Å²) in [7, 11) is 0. The van der Waals surface area contributed by atoms with Crippen LogP contribution in [0.25, 0.3) is 0 Å². The quantitative estimate of drug-likeness (QED) is 0.285. The van der Waals surface area contributed by atoms with Crippen LogP contribution in [0.1, 0.15) is 24.0 Å². The Morgan fingerprint density at radius 1 is 1.11 bits per heavy atom. The molecule has 2 rings (SSSR count). The fourth-order valence-corrected chi connectivity index (χ4v) is 2.53. The van der Waals surface area contributed by atoms with Crippen LogP contribution in [-0.4, -0.2) is 45.8 Å². The van der Waals surface area contributed by atoms with Crippen LogP contribution in [0.15, 0.2) is 36.5 Å². The summed E-state index contributed by atoms with van der Waals surface area (Å²) in [4.78, 5) is 19.3. The second-order valence-electron chi connectivity index (χ2n) is 6.17. The molecular weight excluding hydrogens is 376 g/mol. The minimum absolute atomic E-state index is 0.0387. The van der Waals surface area contributed by atoms with Gasteiger partial charge in [-0.2, -0.15) is 4.98 Å². The topological polar surface area (TPSA) is 111 Å². The van der Waals surface area contributed by atoms with Gasteiger partial charge in [-0.15, -0.1) is 0 Å². The summed E-state index contributed by atoms with van der Waals surface area (Å²) in [5, 5.41) is 21.5. The highest BCUT2D eigenvalue weighted by Gasteiger charge is 2.04. The summed E-state index contributed by atoms with van der Waals surface area (Å²) in [5.74, 6) is 0.531. The van der Waals surface area contributed by atoms with Crippen molar-refractivity contribution in [2.75, 3.05) is 30.3 Å². The number of nitrogens with zero attached hydrogens (tertiary/aromatic N) is 2. The van der Waals surface area contributed by atoms with Gasteiger partial charge in [-0.3, -0.25) is 4.79 Å². The molecule has 1 aromatic carbocycles. The number of thiocarbonyl (C=S) groups is 1. The molecule has 0 saturated carbocycles. The Balaban J connectivity index is 1.69. The average molecular weight is 403 g/mol. The molecule has 150 valence electrons. The van der Waals surface area contributed by atoms with Crippen LogP contribution in [0.3, 0.4) is 0 Å². The van der Waals surface area contributed by atoms with Gasteiger partial charge in [-0.1, -0.05) is 30.3 Å². The van der Waals surface area contributed by atoms with E-state index in [0.29, 0.717) is 30.7 Å². The van der Waals surface area contributed by atoms with E-state index in [1.165, 1.54) is 5.56 Å². The van der Waals surface area contributed by atoms with E-state index in [1.54, 1.807) is 6.20 Å². The number of rotatable bonds is 11. The van der Waals surface area contributed by atoms with E-state index in [1.807, 2.05) is 37.3 Å².